The van der Waals surface area contributed by atoms with Gasteiger partial charge >= 0.3 is 0 Å². The fraction of sp³-hybridized carbons (Fsp3) is 0.800. The van der Waals surface area contributed by atoms with Crippen molar-refractivity contribution in [3.05, 3.63) is 4.60 Å². The highest BCUT2D eigenvalue weighted by Crippen LogP contribution is 2.19. The number of piperidine rings is 1. The molecule has 1 unspecified atom stereocenters. The summed E-state index contributed by atoms with van der Waals surface area (Å²) in [7, 11) is 0.0415. The van der Waals surface area contributed by atoms with Crippen LogP contribution in [0.15, 0.2) is 9.63 Å². The number of rotatable bonds is 4. The minimum atomic E-state index is -3.57. The molecule has 1 saturated heterocycles. The second-order valence-corrected chi connectivity index (χ2v) is 7.36. The zero-order valence-electron chi connectivity index (χ0n) is 11.0. The SMILES string of the molecule is CN1CCCC(CNS(=O)(=O)c2c(Br)nnn2C)C1. The van der Waals surface area contributed by atoms with E-state index in [1.165, 1.54) is 4.68 Å². The zero-order chi connectivity index (χ0) is 14.0. The van der Waals surface area contributed by atoms with Gasteiger partial charge in [-0.1, -0.05) is 5.21 Å². The molecule has 0 radical (unpaired) electrons. The lowest BCUT2D eigenvalue weighted by molar-refractivity contribution is 0.211. The predicted molar refractivity (Wildman–Crippen MR) is 74.1 cm³/mol. The lowest BCUT2D eigenvalue weighted by Gasteiger charge is -2.29. The van der Waals surface area contributed by atoms with Crippen molar-refractivity contribution in [1.82, 2.24) is 24.6 Å². The number of hydrogen-bond acceptors (Lipinski definition) is 5. The predicted octanol–water partition coefficient (Wildman–Crippen LogP) is 0.198. The van der Waals surface area contributed by atoms with Crippen molar-refractivity contribution in [1.29, 1.82) is 0 Å². The number of aryl methyl sites for hydroxylation is 1. The minimum absolute atomic E-state index is 0.0664. The molecule has 2 rings (SSSR count). The molecule has 1 aromatic heterocycles. The molecule has 0 aromatic carbocycles. The van der Waals surface area contributed by atoms with Gasteiger partial charge in [0.25, 0.3) is 10.0 Å². The summed E-state index contributed by atoms with van der Waals surface area (Å²) < 4.78 is 28.5. The number of hydrogen-bond donors (Lipinski definition) is 1. The van der Waals surface area contributed by atoms with E-state index in [0.29, 0.717) is 12.5 Å². The van der Waals surface area contributed by atoms with Crippen LogP contribution in [0.4, 0.5) is 0 Å². The standard InChI is InChI=1S/C10H18BrN5O2S/c1-15-5-3-4-8(7-15)6-12-19(17,18)10-9(11)13-14-16(10)2/h8,12H,3-7H2,1-2H3. The summed E-state index contributed by atoms with van der Waals surface area (Å²) in [6, 6.07) is 0. The largest absolute Gasteiger partial charge is 0.306 e. The van der Waals surface area contributed by atoms with Crippen LogP contribution in [0.2, 0.25) is 0 Å². The maximum Gasteiger partial charge on any atom is 0.260 e. The molecular formula is C10H18BrN5O2S. The minimum Gasteiger partial charge on any atom is -0.306 e. The quantitative estimate of drug-likeness (QED) is 0.837. The summed E-state index contributed by atoms with van der Waals surface area (Å²) >= 11 is 3.11. The van der Waals surface area contributed by atoms with E-state index in [9.17, 15) is 8.42 Å². The number of nitrogens with zero attached hydrogens (tertiary/aromatic N) is 4. The summed E-state index contributed by atoms with van der Waals surface area (Å²) in [5.41, 5.74) is 0. The van der Waals surface area contributed by atoms with E-state index in [-0.39, 0.29) is 9.63 Å². The van der Waals surface area contributed by atoms with Gasteiger partial charge in [-0.25, -0.2) is 17.8 Å². The smallest absolute Gasteiger partial charge is 0.260 e. The Morgan fingerprint density at radius 3 is 2.79 bits per heavy atom. The summed E-state index contributed by atoms with van der Waals surface area (Å²) in [5.74, 6) is 0.355. The first-order valence-electron chi connectivity index (χ1n) is 6.13. The highest BCUT2D eigenvalue weighted by atomic mass is 79.9. The van der Waals surface area contributed by atoms with Gasteiger partial charge in [-0.3, -0.25) is 0 Å². The normalized spacial score (nSPS) is 21.7. The maximum absolute atomic E-state index is 12.2. The highest BCUT2D eigenvalue weighted by Gasteiger charge is 2.25. The Kier molecular flexibility index (Phi) is 4.59. The summed E-state index contributed by atoms with van der Waals surface area (Å²) in [6.07, 6.45) is 2.16. The van der Waals surface area contributed by atoms with Crippen molar-refractivity contribution in [2.24, 2.45) is 13.0 Å². The monoisotopic (exact) mass is 351 g/mol. The van der Waals surface area contributed by atoms with Gasteiger partial charge in [-0.15, -0.1) is 5.10 Å². The molecule has 0 amide bonds. The van der Waals surface area contributed by atoms with Crippen molar-refractivity contribution in [3.63, 3.8) is 0 Å². The van der Waals surface area contributed by atoms with E-state index < -0.39 is 10.0 Å². The summed E-state index contributed by atoms with van der Waals surface area (Å²) in [4.78, 5) is 2.23. The first-order chi connectivity index (χ1) is 8.90. The number of nitrogens with one attached hydrogen (secondary N) is 1. The topological polar surface area (TPSA) is 80.1 Å². The maximum atomic E-state index is 12.2. The first-order valence-corrected chi connectivity index (χ1v) is 8.41. The Morgan fingerprint density at radius 2 is 2.21 bits per heavy atom. The van der Waals surface area contributed by atoms with E-state index in [4.69, 9.17) is 0 Å². The molecule has 2 heterocycles. The van der Waals surface area contributed by atoms with Gasteiger partial charge in [0.15, 0.2) is 4.60 Å². The van der Waals surface area contributed by atoms with E-state index in [2.05, 4.69) is 42.9 Å². The number of halogens is 1. The van der Waals surface area contributed by atoms with Crippen LogP contribution in [-0.2, 0) is 17.1 Å². The summed E-state index contributed by atoms with van der Waals surface area (Å²) in [5, 5.41) is 7.44. The molecular weight excluding hydrogens is 334 g/mol. The van der Waals surface area contributed by atoms with Crippen LogP contribution in [0.25, 0.3) is 0 Å². The lowest BCUT2D eigenvalue weighted by Crippen LogP contribution is -2.39. The van der Waals surface area contributed by atoms with Crippen LogP contribution in [0.5, 0.6) is 0 Å². The third kappa shape index (κ3) is 3.53. The second kappa shape index (κ2) is 5.86. The molecule has 1 aliphatic heterocycles. The zero-order valence-corrected chi connectivity index (χ0v) is 13.4. The van der Waals surface area contributed by atoms with Crippen LogP contribution in [0, 0.1) is 5.92 Å². The Bertz CT molecular complexity index is 525. The Hall–Kier alpha value is -0.510. The fourth-order valence-electron chi connectivity index (χ4n) is 2.34. The molecule has 0 saturated carbocycles. The highest BCUT2D eigenvalue weighted by molar-refractivity contribution is 9.10. The molecule has 7 nitrogen and oxygen atoms in total. The molecule has 0 spiro atoms. The first kappa shape index (κ1) is 14.9. The average Bonchev–Trinajstić information content (AvgIpc) is 2.67. The van der Waals surface area contributed by atoms with Gasteiger partial charge in [-0.2, -0.15) is 0 Å². The third-order valence-corrected chi connectivity index (χ3v) is 5.59. The molecule has 1 fully saturated rings. The molecule has 1 N–H and O–H groups in total. The fourth-order valence-corrected chi connectivity index (χ4v) is 4.55. The average molecular weight is 352 g/mol. The number of likely N-dealkylation sites (tertiary alicyclic amines) is 1. The van der Waals surface area contributed by atoms with Crippen LogP contribution >= 0.6 is 15.9 Å². The van der Waals surface area contributed by atoms with E-state index in [0.717, 1.165) is 25.9 Å². The van der Waals surface area contributed by atoms with Crippen molar-refractivity contribution >= 4 is 26.0 Å². The molecule has 19 heavy (non-hydrogen) atoms. The van der Waals surface area contributed by atoms with E-state index in [1.54, 1.807) is 7.05 Å². The van der Waals surface area contributed by atoms with Crippen LogP contribution < -0.4 is 4.72 Å². The molecule has 0 aliphatic carbocycles. The lowest BCUT2D eigenvalue weighted by atomic mass is 9.99. The van der Waals surface area contributed by atoms with Gasteiger partial charge in [0, 0.05) is 20.1 Å². The van der Waals surface area contributed by atoms with Gasteiger partial charge in [0.2, 0.25) is 5.03 Å². The molecule has 108 valence electrons. The van der Waals surface area contributed by atoms with Crippen LogP contribution in [0.1, 0.15) is 12.8 Å². The van der Waals surface area contributed by atoms with Gasteiger partial charge in [0.1, 0.15) is 0 Å². The van der Waals surface area contributed by atoms with Gasteiger partial charge in [0.05, 0.1) is 0 Å². The molecule has 9 heteroatoms. The molecule has 0 bridgehead atoms. The van der Waals surface area contributed by atoms with Crippen molar-refractivity contribution in [2.75, 3.05) is 26.7 Å². The number of sulfonamides is 1. The van der Waals surface area contributed by atoms with E-state index >= 15 is 0 Å². The molecule has 1 aliphatic rings. The van der Waals surface area contributed by atoms with Crippen LogP contribution in [0.3, 0.4) is 0 Å². The van der Waals surface area contributed by atoms with E-state index in [1.807, 2.05) is 0 Å². The third-order valence-electron chi connectivity index (χ3n) is 3.28. The van der Waals surface area contributed by atoms with Crippen molar-refractivity contribution in [2.45, 2.75) is 17.9 Å². The molecule has 1 aromatic rings. The van der Waals surface area contributed by atoms with Crippen molar-refractivity contribution < 1.29 is 8.42 Å². The van der Waals surface area contributed by atoms with Gasteiger partial charge < -0.3 is 4.90 Å². The van der Waals surface area contributed by atoms with Crippen molar-refractivity contribution in [3.8, 4) is 0 Å². The number of aromatic nitrogens is 3. The van der Waals surface area contributed by atoms with Gasteiger partial charge in [-0.05, 0) is 48.3 Å². The molecule has 1 atom stereocenters. The Morgan fingerprint density at radius 1 is 1.47 bits per heavy atom. The Balaban J connectivity index is 2.02. The summed E-state index contributed by atoms with van der Waals surface area (Å²) in [6.45, 7) is 2.46. The second-order valence-electron chi connectivity index (χ2n) is 4.93. The Labute approximate surface area is 121 Å². The van der Waals surface area contributed by atoms with Crippen LogP contribution in [-0.4, -0.2) is 55.0 Å².